The average molecular weight is 379 g/mol. The molecule has 0 aliphatic rings. The minimum atomic E-state index is -4.82. The highest BCUT2D eigenvalue weighted by Gasteiger charge is 2.31. The van der Waals surface area contributed by atoms with Gasteiger partial charge in [0.25, 0.3) is 5.69 Å². The fourth-order valence-corrected chi connectivity index (χ4v) is 2.22. The molecule has 0 radical (unpaired) electrons. The lowest BCUT2D eigenvalue weighted by Crippen LogP contribution is -2.17. The first-order chi connectivity index (χ1) is 11.1. The standard InChI is InChI=1S/C15H13F3N2O4.ClH/c1-8-2-7-11(20(22)23)12(14(8)21)13(19)9-3-5-10(6-4-9)24-15(16,17)18;/h2-7,13,21H,19H2,1H3;1H/t13-;/m1./s1. The number of alkyl halides is 3. The molecule has 10 heteroatoms. The molecule has 0 amide bonds. The third kappa shape index (κ3) is 4.74. The summed E-state index contributed by atoms with van der Waals surface area (Å²) in [6, 6.07) is 6.08. The Balaban J connectivity index is 0.00000312. The van der Waals surface area contributed by atoms with Gasteiger partial charge in [-0.25, -0.2) is 0 Å². The molecule has 6 nitrogen and oxygen atoms in total. The van der Waals surface area contributed by atoms with E-state index in [1.54, 1.807) is 6.92 Å². The predicted octanol–water partition coefficient (Wildman–Crippen LogP) is 3.98. The fourth-order valence-electron chi connectivity index (χ4n) is 2.22. The van der Waals surface area contributed by atoms with Crippen LogP contribution in [-0.2, 0) is 0 Å². The van der Waals surface area contributed by atoms with Gasteiger partial charge in [0.1, 0.15) is 11.5 Å². The quantitative estimate of drug-likeness (QED) is 0.619. The van der Waals surface area contributed by atoms with Crippen molar-refractivity contribution < 1.29 is 27.9 Å². The maximum Gasteiger partial charge on any atom is 0.573 e. The number of nitrogens with zero attached hydrogens (tertiary/aromatic N) is 1. The molecule has 0 bridgehead atoms. The van der Waals surface area contributed by atoms with Gasteiger partial charge in [-0.05, 0) is 36.2 Å². The van der Waals surface area contributed by atoms with Crippen molar-refractivity contribution in [1.29, 1.82) is 0 Å². The summed E-state index contributed by atoms with van der Waals surface area (Å²) in [4.78, 5) is 10.4. The van der Waals surface area contributed by atoms with Gasteiger partial charge in [-0.1, -0.05) is 12.1 Å². The van der Waals surface area contributed by atoms with Crippen molar-refractivity contribution in [2.24, 2.45) is 5.73 Å². The molecule has 0 spiro atoms. The van der Waals surface area contributed by atoms with E-state index < -0.39 is 23.1 Å². The van der Waals surface area contributed by atoms with Gasteiger partial charge in [0.15, 0.2) is 0 Å². The van der Waals surface area contributed by atoms with Crippen molar-refractivity contribution in [1.82, 2.24) is 0 Å². The van der Waals surface area contributed by atoms with Crippen LogP contribution in [0.4, 0.5) is 18.9 Å². The molecule has 0 aliphatic heterocycles. The monoisotopic (exact) mass is 378 g/mol. The summed E-state index contributed by atoms with van der Waals surface area (Å²) in [6.45, 7) is 1.55. The smallest absolute Gasteiger partial charge is 0.507 e. The number of phenolic OH excluding ortho intramolecular Hbond substituents is 1. The summed E-state index contributed by atoms with van der Waals surface area (Å²) >= 11 is 0. The molecule has 0 heterocycles. The molecule has 2 rings (SSSR count). The predicted molar refractivity (Wildman–Crippen MR) is 85.9 cm³/mol. The fraction of sp³-hybridized carbons (Fsp3) is 0.200. The minimum Gasteiger partial charge on any atom is -0.507 e. The van der Waals surface area contributed by atoms with Crippen molar-refractivity contribution in [3.05, 3.63) is 63.2 Å². The Morgan fingerprint density at radius 2 is 1.76 bits per heavy atom. The molecule has 0 saturated heterocycles. The zero-order valence-corrected chi connectivity index (χ0v) is 13.6. The average Bonchev–Trinajstić information content (AvgIpc) is 2.48. The number of nitro benzene ring substituents is 1. The van der Waals surface area contributed by atoms with E-state index in [-0.39, 0.29) is 35.0 Å². The molecule has 3 N–H and O–H groups in total. The number of nitrogens with two attached hydrogens (primary N) is 1. The zero-order chi connectivity index (χ0) is 18.1. The minimum absolute atomic E-state index is 0. The second kappa shape index (κ2) is 7.58. The van der Waals surface area contributed by atoms with Crippen LogP contribution in [0.2, 0.25) is 0 Å². The summed E-state index contributed by atoms with van der Waals surface area (Å²) in [6.07, 6.45) is -4.82. The van der Waals surface area contributed by atoms with Gasteiger partial charge in [-0.3, -0.25) is 10.1 Å². The topological polar surface area (TPSA) is 98.6 Å². The molecular weight excluding hydrogens is 365 g/mol. The van der Waals surface area contributed by atoms with Crippen LogP contribution in [0.25, 0.3) is 0 Å². The highest BCUT2D eigenvalue weighted by atomic mass is 35.5. The van der Waals surface area contributed by atoms with E-state index in [1.165, 1.54) is 24.3 Å². The maximum absolute atomic E-state index is 12.1. The van der Waals surface area contributed by atoms with Gasteiger partial charge < -0.3 is 15.6 Å². The van der Waals surface area contributed by atoms with Crippen molar-refractivity contribution in [2.75, 3.05) is 0 Å². The number of halogens is 4. The summed E-state index contributed by atoms with van der Waals surface area (Å²) < 4.78 is 40.2. The van der Waals surface area contributed by atoms with E-state index in [9.17, 15) is 28.4 Å². The molecule has 0 unspecified atom stereocenters. The third-order valence-electron chi connectivity index (χ3n) is 3.38. The summed E-state index contributed by atoms with van der Waals surface area (Å²) in [5.41, 5.74) is 6.17. The van der Waals surface area contributed by atoms with Gasteiger partial charge in [-0.15, -0.1) is 25.6 Å². The zero-order valence-electron chi connectivity index (χ0n) is 12.8. The van der Waals surface area contributed by atoms with E-state index in [2.05, 4.69) is 4.74 Å². The molecule has 136 valence electrons. The van der Waals surface area contributed by atoms with Crippen LogP contribution in [0.1, 0.15) is 22.7 Å². The molecule has 0 saturated carbocycles. The Labute approximate surface area is 146 Å². The SMILES string of the molecule is Cc1ccc([N+](=O)[O-])c([C@H](N)c2ccc(OC(F)(F)F)cc2)c1O.Cl. The van der Waals surface area contributed by atoms with Gasteiger partial charge in [-0.2, -0.15) is 0 Å². The first-order valence-electron chi connectivity index (χ1n) is 6.68. The lowest BCUT2D eigenvalue weighted by atomic mass is 9.95. The van der Waals surface area contributed by atoms with Gasteiger partial charge >= 0.3 is 6.36 Å². The molecule has 0 aliphatic carbocycles. The Bertz CT molecular complexity index is 767. The number of hydrogen-bond acceptors (Lipinski definition) is 5. The number of hydrogen-bond donors (Lipinski definition) is 2. The summed E-state index contributed by atoms with van der Waals surface area (Å²) in [7, 11) is 0. The van der Waals surface area contributed by atoms with Crippen LogP contribution < -0.4 is 10.5 Å². The first-order valence-corrected chi connectivity index (χ1v) is 6.68. The number of aryl methyl sites for hydroxylation is 1. The van der Waals surface area contributed by atoms with Crippen molar-refractivity contribution in [3.63, 3.8) is 0 Å². The molecule has 2 aromatic rings. The normalized spacial score (nSPS) is 12.2. The summed E-state index contributed by atoms with van der Waals surface area (Å²) in [5.74, 6) is -0.770. The van der Waals surface area contributed by atoms with Crippen molar-refractivity contribution in [2.45, 2.75) is 19.3 Å². The lowest BCUT2D eigenvalue weighted by Gasteiger charge is -2.16. The highest BCUT2D eigenvalue weighted by molar-refractivity contribution is 5.85. The molecule has 0 aromatic heterocycles. The summed E-state index contributed by atoms with van der Waals surface area (Å²) in [5, 5.41) is 21.2. The largest absolute Gasteiger partial charge is 0.573 e. The number of ether oxygens (including phenoxy) is 1. The Hall–Kier alpha value is -2.52. The maximum atomic E-state index is 12.1. The Kier molecular flexibility index (Phi) is 6.22. The van der Waals surface area contributed by atoms with Gasteiger partial charge in [0.05, 0.1) is 16.5 Å². The van der Waals surface area contributed by atoms with E-state index >= 15 is 0 Å². The second-order valence-corrected chi connectivity index (χ2v) is 5.02. The molecule has 2 aromatic carbocycles. The van der Waals surface area contributed by atoms with Crippen molar-refractivity contribution >= 4 is 18.1 Å². The Morgan fingerprint density at radius 3 is 2.24 bits per heavy atom. The van der Waals surface area contributed by atoms with Crippen molar-refractivity contribution in [3.8, 4) is 11.5 Å². The van der Waals surface area contributed by atoms with E-state index in [1.807, 2.05) is 0 Å². The molecule has 0 fully saturated rings. The Morgan fingerprint density at radius 1 is 1.20 bits per heavy atom. The van der Waals surface area contributed by atoms with Crippen LogP contribution in [0.5, 0.6) is 11.5 Å². The van der Waals surface area contributed by atoms with Crippen LogP contribution in [-0.4, -0.2) is 16.4 Å². The number of nitro groups is 1. The van der Waals surface area contributed by atoms with Gasteiger partial charge in [0, 0.05) is 6.07 Å². The van der Waals surface area contributed by atoms with Crippen LogP contribution in [0.15, 0.2) is 36.4 Å². The molecular formula is C15H14ClF3N2O4. The number of benzene rings is 2. The van der Waals surface area contributed by atoms with E-state index in [4.69, 9.17) is 5.73 Å². The van der Waals surface area contributed by atoms with E-state index in [0.29, 0.717) is 5.56 Å². The number of rotatable bonds is 4. The highest BCUT2D eigenvalue weighted by Crippen LogP contribution is 2.38. The van der Waals surface area contributed by atoms with Crippen LogP contribution in [0.3, 0.4) is 0 Å². The van der Waals surface area contributed by atoms with Crippen LogP contribution >= 0.6 is 12.4 Å². The lowest BCUT2D eigenvalue weighted by molar-refractivity contribution is -0.385. The molecule has 1 atom stereocenters. The van der Waals surface area contributed by atoms with E-state index in [0.717, 1.165) is 12.1 Å². The second-order valence-electron chi connectivity index (χ2n) is 5.02. The third-order valence-corrected chi connectivity index (χ3v) is 3.38. The van der Waals surface area contributed by atoms with Gasteiger partial charge in [0.2, 0.25) is 0 Å². The number of aromatic hydroxyl groups is 1. The van der Waals surface area contributed by atoms with Crippen LogP contribution in [0, 0.1) is 17.0 Å². The first kappa shape index (κ1) is 20.5. The molecule has 25 heavy (non-hydrogen) atoms. The number of phenols is 1.